The van der Waals surface area contributed by atoms with Crippen LogP contribution in [0.3, 0.4) is 0 Å². The lowest BCUT2D eigenvalue weighted by Crippen LogP contribution is -2.53. The zero-order valence-corrected chi connectivity index (χ0v) is 23.0. The first-order chi connectivity index (χ1) is 18.6. The number of Topliss-reactive ketones (excluding diaryl/α,β-unsaturated/α-hetero) is 1. The normalized spacial score (nSPS) is 23.1. The van der Waals surface area contributed by atoms with Crippen LogP contribution < -0.4 is 5.32 Å². The van der Waals surface area contributed by atoms with Gasteiger partial charge in [0.2, 0.25) is 17.8 Å². The molecule has 2 saturated heterocycles. The van der Waals surface area contributed by atoms with Gasteiger partial charge in [0.15, 0.2) is 11.0 Å². The Morgan fingerprint density at radius 2 is 1.87 bits per heavy atom. The first-order valence-electron chi connectivity index (χ1n) is 12.8. The van der Waals surface area contributed by atoms with Crippen LogP contribution in [0.15, 0.2) is 53.1 Å². The SMILES string of the molecule is CC(C)CC(NC(=O)c1ccc(-c2cccs2)cc1)C(=O)N1CCC2C1C(=O)CN2C(=O)C1OC(Cl)=CC1=O. The number of likely N-dealkylation sites (tertiary alicyclic amines) is 2. The van der Waals surface area contributed by atoms with Crippen LogP contribution in [0.5, 0.6) is 0 Å². The Labute approximate surface area is 234 Å². The second-order valence-electron chi connectivity index (χ2n) is 10.3. The molecule has 3 aliphatic heterocycles. The number of thiophene rings is 1. The average Bonchev–Trinajstić information content (AvgIpc) is 3.69. The molecular weight excluding hydrogens is 542 g/mol. The van der Waals surface area contributed by atoms with Crippen LogP contribution in [-0.4, -0.2) is 76.4 Å². The highest BCUT2D eigenvalue weighted by molar-refractivity contribution is 7.13. The molecule has 3 amide bonds. The molecule has 11 heteroatoms. The third-order valence-corrected chi connectivity index (χ3v) is 8.34. The number of fused-ring (bicyclic) bond motifs is 1. The zero-order valence-electron chi connectivity index (χ0n) is 21.5. The number of rotatable bonds is 7. The number of ketones is 2. The van der Waals surface area contributed by atoms with E-state index in [2.05, 4.69) is 5.32 Å². The van der Waals surface area contributed by atoms with Gasteiger partial charge in [-0.15, -0.1) is 11.3 Å². The van der Waals surface area contributed by atoms with E-state index in [0.717, 1.165) is 16.5 Å². The highest BCUT2D eigenvalue weighted by Crippen LogP contribution is 2.33. The third-order valence-electron chi connectivity index (χ3n) is 7.22. The molecule has 0 spiro atoms. The van der Waals surface area contributed by atoms with Gasteiger partial charge < -0.3 is 19.9 Å². The van der Waals surface area contributed by atoms with E-state index in [-0.39, 0.29) is 41.8 Å². The largest absolute Gasteiger partial charge is 0.461 e. The topological polar surface area (TPSA) is 113 Å². The summed E-state index contributed by atoms with van der Waals surface area (Å²) in [4.78, 5) is 68.9. The van der Waals surface area contributed by atoms with Crippen molar-refractivity contribution in [2.45, 2.75) is 50.9 Å². The maximum atomic E-state index is 13.7. The van der Waals surface area contributed by atoms with E-state index in [1.54, 1.807) is 23.5 Å². The number of hydrogen-bond acceptors (Lipinski definition) is 7. The molecule has 0 saturated carbocycles. The average molecular weight is 570 g/mol. The van der Waals surface area contributed by atoms with E-state index in [0.29, 0.717) is 18.4 Å². The van der Waals surface area contributed by atoms with E-state index in [4.69, 9.17) is 16.3 Å². The predicted molar refractivity (Wildman–Crippen MR) is 145 cm³/mol. The predicted octanol–water partition coefficient (Wildman–Crippen LogP) is 2.99. The van der Waals surface area contributed by atoms with Crippen molar-refractivity contribution in [3.63, 3.8) is 0 Å². The molecule has 4 atom stereocenters. The van der Waals surface area contributed by atoms with E-state index >= 15 is 0 Å². The summed E-state index contributed by atoms with van der Waals surface area (Å²) in [5.41, 5.74) is 1.43. The summed E-state index contributed by atoms with van der Waals surface area (Å²) in [7, 11) is 0. The number of benzene rings is 1. The fraction of sp³-hybridized carbons (Fsp3) is 0.393. The Balaban J connectivity index is 1.29. The molecule has 204 valence electrons. The van der Waals surface area contributed by atoms with Crippen molar-refractivity contribution >= 4 is 52.2 Å². The molecule has 0 aliphatic carbocycles. The summed E-state index contributed by atoms with van der Waals surface area (Å²) in [5, 5.41) is 4.69. The maximum absolute atomic E-state index is 13.7. The zero-order chi connectivity index (χ0) is 27.8. The molecule has 1 N–H and O–H groups in total. The summed E-state index contributed by atoms with van der Waals surface area (Å²) in [6.07, 6.45) is 0.395. The lowest BCUT2D eigenvalue weighted by atomic mass is 10.0. The van der Waals surface area contributed by atoms with Gasteiger partial charge >= 0.3 is 0 Å². The van der Waals surface area contributed by atoms with Crippen molar-refractivity contribution in [1.82, 2.24) is 15.1 Å². The number of carbonyl (C=O) groups excluding carboxylic acids is 5. The lowest BCUT2D eigenvalue weighted by Gasteiger charge is -2.29. The second kappa shape index (κ2) is 10.9. The molecule has 1 aromatic carbocycles. The number of nitrogens with zero attached hydrogens (tertiary/aromatic N) is 2. The van der Waals surface area contributed by atoms with Crippen LogP contribution in [-0.2, 0) is 23.9 Å². The standard InChI is InChI=1S/C28H28ClN3O6S/c1-15(2)12-18(30-26(35)17-7-5-16(6-8-17)22-4-3-11-39-22)27(36)31-10-9-19-24(31)21(34)14-32(19)28(37)25-20(33)13-23(29)38-25/h3-8,11,13,15,18-19,24-25H,9-10,12,14H2,1-2H3,(H,30,35). The van der Waals surface area contributed by atoms with Crippen molar-refractivity contribution in [3.05, 3.63) is 58.6 Å². The first kappa shape index (κ1) is 27.1. The van der Waals surface area contributed by atoms with Crippen LogP contribution in [0.1, 0.15) is 37.0 Å². The Hall–Kier alpha value is -3.50. The molecule has 9 nitrogen and oxygen atoms in total. The number of carbonyl (C=O) groups is 5. The third kappa shape index (κ3) is 5.35. The lowest BCUT2D eigenvalue weighted by molar-refractivity contribution is -0.145. The van der Waals surface area contributed by atoms with Gasteiger partial charge in [-0.2, -0.15) is 0 Å². The monoisotopic (exact) mass is 569 g/mol. The van der Waals surface area contributed by atoms with Crippen molar-refractivity contribution in [3.8, 4) is 10.4 Å². The van der Waals surface area contributed by atoms with Gasteiger partial charge in [-0.25, -0.2) is 0 Å². The quantitative estimate of drug-likeness (QED) is 0.513. The van der Waals surface area contributed by atoms with Gasteiger partial charge in [-0.1, -0.05) is 32.0 Å². The highest BCUT2D eigenvalue weighted by Gasteiger charge is 2.54. The molecular formula is C28H28ClN3O6S. The van der Waals surface area contributed by atoms with E-state index in [9.17, 15) is 24.0 Å². The molecule has 2 aromatic rings. The van der Waals surface area contributed by atoms with Gasteiger partial charge in [-0.05, 0) is 59.5 Å². The van der Waals surface area contributed by atoms with Crippen LogP contribution in [0.4, 0.5) is 0 Å². The van der Waals surface area contributed by atoms with E-state index < -0.39 is 35.9 Å². The number of amides is 3. The molecule has 4 heterocycles. The summed E-state index contributed by atoms with van der Waals surface area (Å²) in [6, 6.07) is 8.92. The minimum absolute atomic E-state index is 0.0963. The van der Waals surface area contributed by atoms with Crippen molar-refractivity contribution in [2.24, 2.45) is 5.92 Å². The molecule has 5 rings (SSSR count). The summed E-state index contributed by atoms with van der Waals surface area (Å²) < 4.78 is 5.15. The van der Waals surface area contributed by atoms with E-state index in [1.807, 2.05) is 43.5 Å². The van der Waals surface area contributed by atoms with Crippen LogP contribution >= 0.6 is 22.9 Å². The highest BCUT2D eigenvalue weighted by atomic mass is 35.5. The Morgan fingerprint density at radius 1 is 1.13 bits per heavy atom. The second-order valence-corrected chi connectivity index (χ2v) is 11.6. The summed E-state index contributed by atoms with van der Waals surface area (Å²) in [5.74, 6) is -2.14. The maximum Gasteiger partial charge on any atom is 0.272 e. The number of nitrogens with one attached hydrogen (secondary N) is 1. The Kier molecular flexibility index (Phi) is 7.59. The van der Waals surface area contributed by atoms with Crippen molar-refractivity contribution in [2.75, 3.05) is 13.1 Å². The van der Waals surface area contributed by atoms with Crippen LogP contribution in [0.25, 0.3) is 10.4 Å². The number of halogens is 1. The van der Waals surface area contributed by atoms with Crippen LogP contribution in [0.2, 0.25) is 0 Å². The molecule has 39 heavy (non-hydrogen) atoms. The number of ether oxygens (including phenoxy) is 1. The fourth-order valence-corrected chi connectivity index (χ4v) is 6.37. The van der Waals surface area contributed by atoms with Gasteiger partial charge in [-0.3, -0.25) is 24.0 Å². The molecule has 2 fully saturated rings. The molecule has 0 bridgehead atoms. The minimum atomic E-state index is -1.41. The van der Waals surface area contributed by atoms with Crippen LogP contribution in [0, 0.1) is 5.92 Å². The van der Waals surface area contributed by atoms with Gasteiger partial charge in [0.1, 0.15) is 12.1 Å². The molecule has 3 aliphatic rings. The van der Waals surface area contributed by atoms with Gasteiger partial charge in [0.05, 0.1) is 12.6 Å². The molecule has 0 radical (unpaired) electrons. The number of hydrogen-bond donors (Lipinski definition) is 1. The smallest absolute Gasteiger partial charge is 0.272 e. The van der Waals surface area contributed by atoms with Crippen molar-refractivity contribution < 1.29 is 28.7 Å². The summed E-state index contributed by atoms with van der Waals surface area (Å²) in [6.45, 7) is 3.94. The van der Waals surface area contributed by atoms with Gasteiger partial charge in [0, 0.05) is 23.1 Å². The van der Waals surface area contributed by atoms with Gasteiger partial charge in [0.25, 0.3) is 11.8 Å². The van der Waals surface area contributed by atoms with E-state index in [1.165, 1.54) is 9.80 Å². The Morgan fingerprint density at radius 3 is 2.49 bits per heavy atom. The van der Waals surface area contributed by atoms with Crippen molar-refractivity contribution in [1.29, 1.82) is 0 Å². The molecule has 1 aromatic heterocycles. The minimum Gasteiger partial charge on any atom is -0.461 e. The molecule has 4 unspecified atom stereocenters. The summed E-state index contributed by atoms with van der Waals surface area (Å²) >= 11 is 7.35. The first-order valence-corrected chi connectivity index (χ1v) is 14.1. The Bertz CT molecular complexity index is 1340. The fourth-order valence-electron chi connectivity index (χ4n) is 5.44.